The van der Waals surface area contributed by atoms with Crippen molar-refractivity contribution in [1.82, 2.24) is 15.2 Å². The maximum Gasteiger partial charge on any atom is 0.208 e. The Kier molecular flexibility index (Phi) is 4.77. The van der Waals surface area contributed by atoms with Crippen molar-refractivity contribution in [3.05, 3.63) is 0 Å². The van der Waals surface area contributed by atoms with Crippen LogP contribution in [0.3, 0.4) is 0 Å². The first kappa shape index (κ1) is 14.3. The van der Waals surface area contributed by atoms with Crippen molar-refractivity contribution in [2.45, 2.75) is 33.2 Å². The van der Waals surface area contributed by atoms with Crippen molar-refractivity contribution in [3.8, 4) is 0 Å². The van der Waals surface area contributed by atoms with E-state index in [1.807, 2.05) is 0 Å². The molecule has 3 N–H and O–H groups in total. The summed E-state index contributed by atoms with van der Waals surface area (Å²) in [5.74, 6) is 6.95. The van der Waals surface area contributed by atoms with Gasteiger partial charge in [-0.2, -0.15) is 0 Å². The van der Waals surface area contributed by atoms with Gasteiger partial charge in [0.1, 0.15) is 0 Å². The number of likely N-dealkylation sites (N-methyl/N-ethyl adjacent to an activating group) is 1. The average molecular weight is 241 g/mol. The zero-order valence-corrected chi connectivity index (χ0v) is 11.8. The van der Waals surface area contributed by atoms with E-state index in [2.05, 4.69) is 55.0 Å². The average Bonchev–Trinajstić information content (AvgIpc) is 2.23. The van der Waals surface area contributed by atoms with Crippen LogP contribution in [0, 0.1) is 5.92 Å². The summed E-state index contributed by atoms with van der Waals surface area (Å²) in [5, 5.41) is 0. The van der Waals surface area contributed by atoms with Crippen LogP contribution in [0.2, 0.25) is 0 Å². The molecule has 17 heavy (non-hydrogen) atoms. The summed E-state index contributed by atoms with van der Waals surface area (Å²) >= 11 is 0. The van der Waals surface area contributed by atoms with Crippen LogP contribution < -0.4 is 11.3 Å². The maximum atomic E-state index is 5.58. The van der Waals surface area contributed by atoms with Crippen LogP contribution in [0.4, 0.5) is 0 Å². The lowest BCUT2D eigenvalue weighted by Crippen LogP contribution is -2.61. The first-order valence-corrected chi connectivity index (χ1v) is 6.34. The number of rotatable bonds is 2. The number of nitrogens with one attached hydrogen (secondary N) is 1. The quantitative estimate of drug-likeness (QED) is 0.320. The molecule has 0 bridgehead atoms. The van der Waals surface area contributed by atoms with Gasteiger partial charge in [-0.1, -0.05) is 13.8 Å². The van der Waals surface area contributed by atoms with Gasteiger partial charge >= 0.3 is 0 Å². The molecule has 1 heterocycles. The van der Waals surface area contributed by atoms with Crippen molar-refractivity contribution in [2.75, 3.05) is 33.2 Å². The van der Waals surface area contributed by atoms with Crippen molar-refractivity contribution >= 4 is 5.96 Å². The Morgan fingerprint density at radius 2 is 2.06 bits per heavy atom. The molecular weight excluding hydrogens is 214 g/mol. The van der Waals surface area contributed by atoms with Crippen LogP contribution in [-0.2, 0) is 0 Å². The summed E-state index contributed by atoms with van der Waals surface area (Å²) in [4.78, 5) is 9.16. The minimum atomic E-state index is 0.160. The number of nitrogens with two attached hydrogens (primary N) is 1. The summed E-state index contributed by atoms with van der Waals surface area (Å²) in [5.41, 5.74) is 2.90. The molecule has 0 unspecified atom stereocenters. The fourth-order valence-corrected chi connectivity index (χ4v) is 1.93. The monoisotopic (exact) mass is 241 g/mol. The summed E-state index contributed by atoms with van der Waals surface area (Å²) in [6.07, 6.45) is 0. The van der Waals surface area contributed by atoms with Gasteiger partial charge in [-0.25, -0.2) is 5.84 Å². The van der Waals surface area contributed by atoms with E-state index in [4.69, 9.17) is 5.84 Å². The molecule has 0 aliphatic carbocycles. The lowest BCUT2D eigenvalue weighted by atomic mass is 10.00. The third-order valence-electron chi connectivity index (χ3n) is 3.35. The summed E-state index contributed by atoms with van der Waals surface area (Å²) in [7, 11) is 2.16. The van der Waals surface area contributed by atoms with E-state index < -0.39 is 0 Å². The van der Waals surface area contributed by atoms with Crippen molar-refractivity contribution < 1.29 is 0 Å². The van der Waals surface area contributed by atoms with Crippen LogP contribution in [-0.4, -0.2) is 54.5 Å². The summed E-state index contributed by atoms with van der Waals surface area (Å²) in [6.45, 7) is 12.6. The number of hydrogen-bond acceptors (Lipinski definition) is 3. The molecule has 1 fully saturated rings. The Bertz CT molecular complexity index is 272. The van der Waals surface area contributed by atoms with Crippen LogP contribution in [0.25, 0.3) is 0 Å². The zero-order chi connectivity index (χ0) is 13.1. The number of aliphatic imine (C=N–C) groups is 1. The normalized spacial score (nSPS) is 22.1. The topological polar surface area (TPSA) is 56.9 Å². The zero-order valence-electron chi connectivity index (χ0n) is 11.8. The number of hydrazine groups is 1. The number of nitrogens with zero attached hydrogens (tertiary/aromatic N) is 3. The molecule has 0 amide bonds. The Balaban J connectivity index is 2.68. The van der Waals surface area contributed by atoms with Crippen molar-refractivity contribution in [1.29, 1.82) is 0 Å². The number of piperazine rings is 1. The summed E-state index contributed by atoms with van der Waals surface area (Å²) < 4.78 is 0. The van der Waals surface area contributed by atoms with E-state index in [-0.39, 0.29) is 5.54 Å². The van der Waals surface area contributed by atoms with Crippen LogP contribution >= 0.6 is 0 Å². The molecule has 0 spiro atoms. The molecule has 1 rings (SSSR count). The minimum absolute atomic E-state index is 0.160. The molecular formula is C12H27N5. The smallest absolute Gasteiger partial charge is 0.208 e. The number of guanidine groups is 1. The molecule has 100 valence electrons. The van der Waals surface area contributed by atoms with Gasteiger partial charge in [-0.15, -0.1) is 0 Å². The van der Waals surface area contributed by atoms with E-state index in [1.54, 1.807) is 0 Å². The fraction of sp³-hybridized carbons (Fsp3) is 0.917. The second-order valence-corrected chi connectivity index (χ2v) is 5.86. The first-order valence-electron chi connectivity index (χ1n) is 6.34. The predicted octanol–water partition coefficient (Wildman–Crippen LogP) is 0.488. The van der Waals surface area contributed by atoms with Gasteiger partial charge in [0.05, 0.1) is 0 Å². The first-order chi connectivity index (χ1) is 7.86. The van der Waals surface area contributed by atoms with Crippen molar-refractivity contribution in [2.24, 2.45) is 16.8 Å². The van der Waals surface area contributed by atoms with Gasteiger partial charge in [0.15, 0.2) is 0 Å². The van der Waals surface area contributed by atoms with Crippen LogP contribution in [0.1, 0.15) is 27.7 Å². The van der Waals surface area contributed by atoms with E-state index in [1.165, 1.54) is 0 Å². The molecule has 0 radical (unpaired) electrons. The molecule has 5 heteroatoms. The highest BCUT2D eigenvalue weighted by Crippen LogP contribution is 2.18. The maximum absolute atomic E-state index is 5.58. The minimum Gasteiger partial charge on any atom is -0.339 e. The molecule has 0 aromatic carbocycles. The molecule has 1 aliphatic heterocycles. The SMILES string of the molecule is CC(C)CN=C(NN)N1CCN(C)C(C)(C)C1. The third-order valence-corrected chi connectivity index (χ3v) is 3.35. The van der Waals surface area contributed by atoms with Crippen LogP contribution in [0.15, 0.2) is 4.99 Å². The summed E-state index contributed by atoms with van der Waals surface area (Å²) in [6, 6.07) is 0. The van der Waals surface area contributed by atoms with Gasteiger partial charge in [0.25, 0.3) is 0 Å². The lowest BCUT2D eigenvalue weighted by Gasteiger charge is -2.46. The molecule has 1 aliphatic rings. The van der Waals surface area contributed by atoms with Crippen LogP contribution in [0.5, 0.6) is 0 Å². The highest BCUT2D eigenvalue weighted by atomic mass is 15.4. The molecule has 5 nitrogen and oxygen atoms in total. The largest absolute Gasteiger partial charge is 0.339 e. The van der Waals surface area contributed by atoms with Gasteiger partial charge < -0.3 is 4.90 Å². The van der Waals surface area contributed by atoms with Crippen molar-refractivity contribution in [3.63, 3.8) is 0 Å². The highest BCUT2D eigenvalue weighted by Gasteiger charge is 2.32. The fourth-order valence-electron chi connectivity index (χ4n) is 1.93. The Morgan fingerprint density at radius 1 is 1.41 bits per heavy atom. The van der Waals surface area contributed by atoms with Gasteiger partial charge in [0, 0.05) is 31.7 Å². The molecule has 0 aromatic rings. The molecule has 0 aromatic heterocycles. The Hall–Kier alpha value is -0.810. The van der Waals surface area contributed by atoms with Gasteiger partial charge in [0.2, 0.25) is 5.96 Å². The standard InChI is InChI=1S/C12H27N5/c1-10(2)8-14-11(15-13)17-7-6-16(5)12(3,4)9-17/h10H,6-9,13H2,1-5H3,(H,14,15). The lowest BCUT2D eigenvalue weighted by molar-refractivity contribution is 0.0725. The van der Waals surface area contributed by atoms with Gasteiger partial charge in [-0.3, -0.25) is 15.3 Å². The molecule has 1 saturated heterocycles. The van der Waals surface area contributed by atoms with E-state index in [0.717, 1.165) is 32.1 Å². The number of hydrogen-bond donors (Lipinski definition) is 2. The highest BCUT2D eigenvalue weighted by molar-refractivity contribution is 5.79. The Morgan fingerprint density at radius 3 is 2.53 bits per heavy atom. The third kappa shape index (κ3) is 3.85. The van der Waals surface area contributed by atoms with E-state index in [9.17, 15) is 0 Å². The van der Waals surface area contributed by atoms with Gasteiger partial charge in [-0.05, 0) is 26.8 Å². The Labute approximate surface area is 105 Å². The van der Waals surface area contributed by atoms with E-state index >= 15 is 0 Å². The van der Waals surface area contributed by atoms with E-state index in [0.29, 0.717) is 5.92 Å². The molecule has 0 atom stereocenters. The second kappa shape index (κ2) is 5.69. The molecule has 0 saturated carbocycles. The predicted molar refractivity (Wildman–Crippen MR) is 72.7 cm³/mol. The second-order valence-electron chi connectivity index (χ2n) is 5.86.